The van der Waals surface area contributed by atoms with E-state index in [0.29, 0.717) is 6.61 Å². The second-order valence-corrected chi connectivity index (χ2v) is 7.24. The molecule has 0 aliphatic heterocycles. The van der Waals surface area contributed by atoms with Crippen molar-refractivity contribution < 1.29 is 13.2 Å². The number of para-hydroxylation sites is 1. The topological polar surface area (TPSA) is 46.6 Å². The maximum atomic E-state index is 11.7. The summed E-state index contributed by atoms with van der Waals surface area (Å²) in [5, 5.41) is 0. The number of ether oxygens (including phenoxy) is 1. The quantitative estimate of drug-likeness (QED) is 0.701. The first-order valence-corrected chi connectivity index (χ1v) is 8.93. The molecule has 0 amide bonds. The Labute approximate surface area is 122 Å². The lowest BCUT2D eigenvalue weighted by atomic mass is 10.3. The van der Waals surface area contributed by atoms with Crippen molar-refractivity contribution in [2.75, 3.05) is 31.2 Å². The van der Waals surface area contributed by atoms with E-state index in [0.717, 1.165) is 18.8 Å². The average molecular weight is 299 g/mol. The second kappa shape index (κ2) is 8.27. The van der Waals surface area contributed by atoms with Gasteiger partial charge < -0.3 is 4.74 Å². The zero-order chi connectivity index (χ0) is 15.0. The van der Waals surface area contributed by atoms with Crippen LogP contribution in [0, 0.1) is 0 Å². The molecule has 114 valence electrons. The summed E-state index contributed by atoms with van der Waals surface area (Å²) in [4.78, 5) is 2.14. The van der Waals surface area contributed by atoms with E-state index in [1.807, 2.05) is 44.2 Å². The molecule has 0 spiro atoms. The Bertz CT molecular complexity index is 473. The van der Waals surface area contributed by atoms with Crippen molar-refractivity contribution >= 4 is 9.84 Å². The minimum atomic E-state index is -2.93. The SMILES string of the molecule is CCN(CCOc1ccccc1)C(C)CS(=O)(=O)CC. The fourth-order valence-electron chi connectivity index (χ4n) is 2.08. The van der Waals surface area contributed by atoms with Crippen LogP contribution < -0.4 is 4.74 Å². The number of rotatable bonds is 9. The molecule has 5 heteroatoms. The van der Waals surface area contributed by atoms with Crippen molar-refractivity contribution in [2.45, 2.75) is 26.8 Å². The van der Waals surface area contributed by atoms with E-state index in [1.165, 1.54) is 0 Å². The van der Waals surface area contributed by atoms with Crippen LogP contribution in [0.4, 0.5) is 0 Å². The van der Waals surface area contributed by atoms with E-state index in [4.69, 9.17) is 4.74 Å². The fourth-order valence-corrected chi connectivity index (χ4v) is 3.26. The van der Waals surface area contributed by atoms with E-state index in [-0.39, 0.29) is 17.5 Å². The Hall–Kier alpha value is -1.07. The Morgan fingerprint density at radius 2 is 1.85 bits per heavy atom. The van der Waals surface area contributed by atoms with Gasteiger partial charge in [-0.25, -0.2) is 8.42 Å². The third-order valence-electron chi connectivity index (χ3n) is 3.35. The summed E-state index contributed by atoms with van der Waals surface area (Å²) in [6, 6.07) is 9.67. The number of benzene rings is 1. The standard InChI is InChI=1S/C15H25NO3S/c1-4-16(14(3)13-20(17,18)5-2)11-12-19-15-9-7-6-8-10-15/h6-10,14H,4-5,11-13H2,1-3H3. The van der Waals surface area contributed by atoms with Crippen LogP contribution in [-0.4, -0.2) is 50.6 Å². The number of likely N-dealkylation sites (N-methyl/N-ethyl adjacent to an activating group) is 1. The van der Waals surface area contributed by atoms with Crippen LogP contribution in [0.3, 0.4) is 0 Å². The van der Waals surface area contributed by atoms with Crippen LogP contribution >= 0.6 is 0 Å². The molecular weight excluding hydrogens is 274 g/mol. The molecule has 1 aromatic rings. The molecule has 0 aliphatic carbocycles. The molecular formula is C15H25NO3S. The Morgan fingerprint density at radius 3 is 2.40 bits per heavy atom. The average Bonchev–Trinajstić information content (AvgIpc) is 2.44. The molecule has 4 nitrogen and oxygen atoms in total. The van der Waals surface area contributed by atoms with Gasteiger partial charge in [0, 0.05) is 18.3 Å². The first-order valence-electron chi connectivity index (χ1n) is 7.10. The minimum Gasteiger partial charge on any atom is -0.492 e. The van der Waals surface area contributed by atoms with Crippen molar-refractivity contribution in [3.63, 3.8) is 0 Å². The maximum absolute atomic E-state index is 11.7. The van der Waals surface area contributed by atoms with Gasteiger partial charge in [0.15, 0.2) is 9.84 Å². The lowest BCUT2D eigenvalue weighted by molar-refractivity contribution is 0.184. The third kappa shape index (κ3) is 5.92. The molecule has 0 heterocycles. The predicted molar refractivity (Wildman–Crippen MR) is 83.0 cm³/mol. The molecule has 0 aromatic heterocycles. The molecule has 0 aliphatic rings. The monoisotopic (exact) mass is 299 g/mol. The van der Waals surface area contributed by atoms with Crippen LogP contribution in [0.25, 0.3) is 0 Å². The summed E-state index contributed by atoms with van der Waals surface area (Å²) in [6.45, 7) is 7.80. The Morgan fingerprint density at radius 1 is 1.20 bits per heavy atom. The smallest absolute Gasteiger partial charge is 0.151 e. The summed E-state index contributed by atoms with van der Waals surface area (Å²) < 4.78 is 29.0. The van der Waals surface area contributed by atoms with E-state index in [1.54, 1.807) is 6.92 Å². The number of hydrogen-bond acceptors (Lipinski definition) is 4. The van der Waals surface area contributed by atoms with Crippen LogP contribution in [0.2, 0.25) is 0 Å². The van der Waals surface area contributed by atoms with Crippen LogP contribution in [0.1, 0.15) is 20.8 Å². The lowest BCUT2D eigenvalue weighted by Gasteiger charge is -2.27. The summed E-state index contributed by atoms with van der Waals surface area (Å²) in [7, 11) is -2.93. The number of hydrogen-bond donors (Lipinski definition) is 0. The first-order chi connectivity index (χ1) is 9.48. The van der Waals surface area contributed by atoms with Gasteiger partial charge in [-0.15, -0.1) is 0 Å². The van der Waals surface area contributed by atoms with Gasteiger partial charge in [-0.05, 0) is 25.6 Å². The van der Waals surface area contributed by atoms with Gasteiger partial charge in [0.25, 0.3) is 0 Å². The zero-order valence-electron chi connectivity index (χ0n) is 12.6. The largest absolute Gasteiger partial charge is 0.492 e. The summed E-state index contributed by atoms with van der Waals surface area (Å²) in [5.41, 5.74) is 0. The lowest BCUT2D eigenvalue weighted by Crippen LogP contribution is -2.40. The molecule has 0 bridgehead atoms. The van der Waals surface area contributed by atoms with Crippen LogP contribution in [-0.2, 0) is 9.84 Å². The molecule has 1 aromatic carbocycles. The zero-order valence-corrected chi connectivity index (χ0v) is 13.4. The highest BCUT2D eigenvalue weighted by Crippen LogP contribution is 2.09. The molecule has 1 rings (SSSR count). The summed E-state index contributed by atoms with van der Waals surface area (Å²) in [6.07, 6.45) is 0. The van der Waals surface area contributed by atoms with Gasteiger partial charge in [0.1, 0.15) is 12.4 Å². The summed E-state index contributed by atoms with van der Waals surface area (Å²) in [5.74, 6) is 1.26. The normalized spacial score (nSPS) is 13.4. The van der Waals surface area contributed by atoms with Gasteiger partial charge in [-0.1, -0.05) is 32.0 Å². The van der Waals surface area contributed by atoms with E-state index < -0.39 is 9.84 Å². The Kier molecular flexibility index (Phi) is 7.02. The van der Waals surface area contributed by atoms with Gasteiger partial charge in [0.05, 0.1) is 5.75 Å². The maximum Gasteiger partial charge on any atom is 0.151 e. The van der Waals surface area contributed by atoms with Gasteiger partial charge in [-0.2, -0.15) is 0 Å². The van der Waals surface area contributed by atoms with Crippen molar-refractivity contribution in [1.82, 2.24) is 4.90 Å². The highest BCUT2D eigenvalue weighted by atomic mass is 32.2. The Balaban J connectivity index is 2.43. The molecule has 0 saturated heterocycles. The molecule has 20 heavy (non-hydrogen) atoms. The fraction of sp³-hybridized carbons (Fsp3) is 0.600. The number of nitrogens with zero attached hydrogens (tertiary/aromatic N) is 1. The third-order valence-corrected chi connectivity index (χ3v) is 5.22. The molecule has 1 unspecified atom stereocenters. The van der Waals surface area contributed by atoms with E-state index in [9.17, 15) is 8.42 Å². The highest BCUT2D eigenvalue weighted by Gasteiger charge is 2.18. The molecule has 0 N–H and O–H groups in total. The van der Waals surface area contributed by atoms with Crippen molar-refractivity contribution in [3.8, 4) is 5.75 Å². The van der Waals surface area contributed by atoms with Crippen LogP contribution in [0.15, 0.2) is 30.3 Å². The molecule has 0 radical (unpaired) electrons. The van der Waals surface area contributed by atoms with Crippen LogP contribution in [0.5, 0.6) is 5.75 Å². The minimum absolute atomic E-state index is 0.0179. The predicted octanol–water partition coefficient (Wildman–Crippen LogP) is 2.21. The van der Waals surface area contributed by atoms with Gasteiger partial charge in [-0.3, -0.25) is 4.90 Å². The number of sulfone groups is 1. The molecule has 1 atom stereocenters. The van der Waals surface area contributed by atoms with E-state index in [2.05, 4.69) is 4.90 Å². The molecule has 0 fully saturated rings. The van der Waals surface area contributed by atoms with Gasteiger partial charge >= 0.3 is 0 Å². The van der Waals surface area contributed by atoms with Crippen molar-refractivity contribution in [2.24, 2.45) is 0 Å². The van der Waals surface area contributed by atoms with Crippen molar-refractivity contribution in [3.05, 3.63) is 30.3 Å². The summed E-state index contributed by atoms with van der Waals surface area (Å²) >= 11 is 0. The van der Waals surface area contributed by atoms with E-state index >= 15 is 0 Å². The second-order valence-electron chi connectivity index (χ2n) is 4.84. The highest BCUT2D eigenvalue weighted by molar-refractivity contribution is 7.91. The van der Waals surface area contributed by atoms with Crippen molar-refractivity contribution in [1.29, 1.82) is 0 Å². The van der Waals surface area contributed by atoms with Gasteiger partial charge in [0.2, 0.25) is 0 Å². The molecule has 0 saturated carbocycles. The first kappa shape index (κ1) is 17.0.